The predicted molar refractivity (Wildman–Crippen MR) is 83.0 cm³/mol. The van der Waals surface area contributed by atoms with Crippen LogP contribution in [0.25, 0.3) is 0 Å². The van der Waals surface area contributed by atoms with Crippen molar-refractivity contribution in [1.82, 2.24) is 0 Å². The maximum absolute atomic E-state index is 12.0. The Morgan fingerprint density at radius 3 is 2.48 bits per heavy atom. The zero-order valence-electron chi connectivity index (χ0n) is 11.2. The molecule has 2 N–H and O–H groups in total. The number of anilines is 1. The van der Waals surface area contributed by atoms with Crippen LogP contribution in [0, 0.1) is 0 Å². The van der Waals surface area contributed by atoms with E-state index in [2.05, 4.69) is 0 Å². The molecule has 0 spiro atoms. The van der Waals surface area contributed by atoms with Crippen LogP contribution in [0.3, 0.4) is 0 Å². The number of hydrogen-bond acceptors (Lipinski definition) is 4. The highest BCUT2D eigenvalue weighted by Crippen LogP contribution is 2.26. The maximum atomic E-state index is 12.0. The normalized spacial score (nSPS) is 10.2. The van der Waals surface area contributed by atoms with E-state index in [0.717, 1.165) is 0 Å². The van der Waals surface area contributed by atoms with Gasteiger partial charge in [-0.05, 0) is 24.3 Å². The number of benzene rings is 2. The average molecular weight is 326 g/mol. The van der Waals surface area contributed by atoms with E-state index in [-0.39, 0.29) is 6.61 Å². The third-order valence-electron chi connectivity index (χ3n) is 2.81. The Morgan fingerprint density at radius 1 is 1.19 bits per heavy atom. The molecule has 0 saturated carbocycles. The van der Waals surface area contributed by atoms with Crippen molar-refractivity contribution in [3.8, 4) is 5.75 Å². The topological polar surface area (TPSA) is 61.5 Å². The molecule has 110 valence electrons. The van der Waals surface area contributed by atoms with Crippen LogP contribution in [0.1, 0.15) is 15.9 Å². The molecule has 0 aliphatic rings. The fraction of sp³-hybridized carbons (Fsp3) is 0.133. The highest BCUT2D eigenvalue weighted by Gasteiger charge is 2.12. The summed E-state index contributed by atoms with van der Waals surface area (Å²) in [5, 5.41) is 0.890. The molecule has 21 heavy (non-hydrogen) atoms. The van der Waals surface area contributed by atoms with Gasteiger partial charge in [-0.2, -0.15) is 0 Å². The van der Waals surface area contributed by atoms with Crippen molar-refractivity contribution in [2.75, 3.05) is 12.8 Å². The van der Waals surface area contributed by atoms with Gasteiger partial charge in [0.05, 0.1) is 12.7 Å². The zero-order chi connectivity index (χ0) is 15.4. The molecule has 0 aromatic heterocycles. The summed E-state index contributed by atoms with van der Waals surface area (Å²) in [5.74, 6) is -0.0469. The number of nitrogens with two attached hydrogens (primary N) is 1. The molecule has 0 bridgehead atoms. The molecule has 0 amide bonds. The largest absolute Gasteiger partial charge is 0.497 e. The second-order valence-electron chi connectivity index (χ2n) is 4.27. The molecular formula is C15H13Cl2NO3. The van der Waals surface area contributed by atoms with E-state index in [1.807, 2.05) is 0 Å². The van der Waals surface area contributed by atoms with Crippen LogP contribution in [0.5, 0.6) is 5.75 Å². The minimum atomic E-state index is -0.531. The Bertz CT molecular complexity index is 654. The Hall–Kier alpha value is -1.91. The third-order valence-corrected chi connectivity index (χ3v) is 3.52. The zero-order valence-corrected chi connectivity index (χ0v) is 12.7. The summed E-state index contributed by atoms with van der Waals surface area (Å²) in [6, 6.07) is 9.76. The van der Waals surface area contributed by atoms with E-state index in [1.54, 1.807) is 30.3 Å². The number of rotatable bonds is 4. The molecule has 2 aromatic carbocycles. The lowest BCUT2D eigenvalue weighted by Gasteiger charge is -2.09. The third kappa shape index (κ3) is 3.80. The first kappa shape index (κ1) is 15.5. The van der Waals surface area contributed by atoms with Crippen LogP contribution in [0.4, 0.5) is 5.69 Å². The predicted octanol–water partition coefficient (Wildman–Crippen LogP) is 3.94. The number of nitrogen functional groups attached to an aromatic ring is 1. The highest BCUT2D eigenvalue weighted by molar-refractivity contribution is 6.35. The summed E-state index contributed by atoms with van der Waals surface area (Å²) < 4.78 is 10.3. The number of halogens is 2. The minimum Gasteiger partial charge on any atom is -0.497 e. The summed E-state index contributed by atoms with van der Waals surface area (Å²) in [6.07, 6.45) is 0. The van der Waals surface area contributed by atoms with Gasteiger partial charge in [0, 0.05) is 27.4 Å². The Balaban J connectivity index is 2.14. The van der Waals surface area contributed by atoms with Gasteiger partial charge in [0.25, 0.3) is 0 Å². The van der Waals surface area contributed by atoms with Crippen LogP contribution < -0.4 is 10.5 Å². The van der Waals surface area contributed by atoms with Gasteiger partial charge in [0.1, 0.15) is 12.4 Å². The lowest BCUT2D eigenvalue weighted by atomic mass is 10.2. The summed E-state index contributed by atoms with van der Waals surface area (Å²) in [7, 11) is 1.49. The van der Waals surface area contributed by atoms with Gasteiger partial charge in [-0.25, -0.2) is 4.79 Å². The SMILES string of the molecule is COc1cc(N)cc(C(=O)OCc2c(Cl)cccc2Cl)c1. The maximum Gasteiger partial charge on any atom is 0.338 e. The standard InChI is InChI=1S/C15H13Cl2NO3/c1-20-11-6-9(5-10(18)7-11)15(19)21-8-12-13(16)3-2-4-14(12)17/h2-7H,8,18H2,1H3. The Morgan fingerprint density at radius 2 is 1.86 bits per heavy atom. The van der Waals surface area contributed by atoms with Gasteiger partial charge in [-0.3, -0.25) is 0 Å². The molecular weight excluding hydrogens is 313 g/mol. The fourth-order valence-corrected chi connectivity index (χ4v) is 2.26. The number of methoxy groups -OCH3 is 1. The average Bonchev–Trinajstić information content (AvgIpc) is 2.45. The lowest BCUT2D eigenvalue weighted by Crippen LogP contribution is -2.07. The summed E-state index contributed by atoms with van der Waals surface area (Å²) >= 11 is 12.0. The number of ether oxygens (including phenoxy) is 2. The first-order valence-corrected chi connectivity index (χ1v) is 6.81. The van der Waals surface area contributed by atoms with Crippen molar-refractivity contribution in [2.24, 2.45) is 0 Å². The van der Waals surface area contributed by atoms with Gasteiger partial charge < -0.3 is 15.2 Å². The smallest absolute Gasteiger partial charge is 0.338 e. The Labute approximate surface area is 132 Å². The van der Waals surface area contributed by atoms with E-state index in [0.29, 0.717) is 32.6 Å². The second-order valence-corrected chi connectivity index (χ2v) is 5.09. The molecule has 0 aliphatic carbocycles. The molecule has 6 heteroatoms. The number of carbonyl (C=O) groups excluding carboxylic acids is 1. The number of esters is 1. The van der Waals surface area contributed by atoms with Gasteiger partial charge in [0.2, 0.25) is 0 Å². The van der Waals surface area contributed by atoms with Crippen LogP contribution in [0.15, 0.2) is 36.4 Å². The van der Waals surface area contributed by atoms with E-state index in [4.69, 9.17) is 38.4 Å². The second kappa shape index (κ2) is 6.70. The monoisotopic (exact) mass is 325 g/mol. The fourth-order valence-electron chi connectivity index (χ4n) is 1.75. The molecule has 2 aromatic rings. The van der Waals surface area contributed by atoms with E-state index >= 15 is 0 Å². The van der Waals surface area contributed by atoms with Crippen molar-refractivity contribution in [3.63, 3.8) is 0 Å². The van der Waals surface area contributed by atoms with E-state index in [1.165, 1.54) is 13.2 Å². The summed E-state index contributed by atoms with van der Waals surface area (Å²) in [4.78, 5) is 12.0. The molecule has 2 rings (SSSR count). The van der Waals surface area contributed by atoms with Crippen molar-refractivity contribution in [2.45, 2.75) is 6.61 Å². The highest BCUT2D eigenvalue weighted by atomic mass is 35.5. The van der Waals surface area contributed by atoms with Crippen LogP contribution in [-0.4, -0.2) is 13.1 Å². The lowest BCUT2D eigenvalue weighted by molar-refractivity contribution is 0.0472. The van der Waals surface area contributed by atoms with Crippen molar-refractivity contribution in [1.29, 1.82) is 0 Å². The van der Waals surface area contributed by atoms with E-state index < -0.39 is 5.97 Å². The molecule has 4 nitrogen and oxygen atoms in total. The summed E-state index contributed by atoms with van der Waals surface area (Å²) in [5.41, 5.74) is 6.97. The molecule has 0 aliphatic heterocycles. The van der Waals surface area contributed by atoms with E-state index in [9.17, 15) is 4.79 Å². The minimum absolute atomic E-state index is 0.0194. The van der Waals surface area contributed by atoms with Gasteiger partial charge in [-0.1, -0.05) is 29.3 Å². The molecule has 0 radical (unpaired) electrons. The molecule has 0 fully saturated rings. The number of hydrogen-bond donors (Lipinski definition) is 1. The van der Waals surface area contributed by atoms with Crippen LogP contribution >= 0.6 is 23.2 Å². The number of carbonyl (C=O) groups is 1. The van der Waals surface area contributed by atoms with Crippen LogP contribution in [-0.2, 0) is 11.3 Å². The first-order chi connectivity index (χ1) is 10.0. The molecule has 0 atom stereocenters. The quantitative estimate of drug-likeness (QED) is 0.683. The first-order valence-electron chi connectivity index (χ1n) is 6.06. The Kier molecular flexibility index (Phi) is 4.94. The molecule has 0 unspecified atom stereocenters. The van der Waals surface area contributed by atoms with Crippen molar-refractivity contribution >= 4 is 34.9 Å². The van der Waals surface area contributed by atoms with Gasteiger partial charge >= 0.3 is 5.97 Å². The molecule has 0 heterocycles. The molecule has 0 saturated heterocycles. The van der Waals surface area contributed by atoms with Crippen molar-refractivity contribution in [3.05, 3.63) is 57.6 Å². The van der Waals surface area contributed by atoms with Crippen LogP contribution in [0.2, 0.25) is 10.0 Å². The summed E-state index contributed by atoms with van der Waals surface area (Å²) in [6.45, 7) is -0.0194. The van der Waals surface area contributed by atoms with Gasteiger partial charge in [-0.15, -0.1) is 0 Å². The van der Waals surface area contributed by atoms with Gasteiger partial charge in [0.15, 0.2) is 0 Å². The van der Waals surface area contributed by atoms with Crippen molar-refractivity contribution < 1.29 is 14.3 Å².